The molecule has 0 bridgehead atoms. The Morgan fingerprint density at radius 3 is 2.48 bits per heavy atom. The number of alkyl halides is 3. The van der Waals surface area contributed by atoms with Crippen LogP contribution in [0.4, 0.5) is 13.2 Å². The number of para-hydroxylation sites is 1. The van der Waals surface area contributed by atoms with E-state index in [1.54, 1.807) is 6.07 Å². The molecular formula is C22H13F3O6. The van der Waals surface area contributed by atoms with E-state index in [1.807, 2.05) is 0 Å². The topological polar surface area (TPSA) is 78.9 Å². The van der Waals surface area contributed by atoms with Gasteiger partial charge in [-0.3, -0.25) is 4.79 Å². The zero-order valence-electron chi connectivity index (χ0n) is 15.9. The normalized spacial score (nSPS) is 11.5. The van der Waals surface area contributed by atoms with Gasteiger partial charge < -0.3 is 18.3 Å². The van der Waals surface area contributed by atoms with Crippen LogP contribution in [-0.4, -0.2) is 13.1 Å². The first kappa shape index (κ1) is 20.3. The van der Waals surface area contributed by atoms with Gasteiger partial charge in [-0.1, -0.05) is 18.2 Å². The van der Waals surface area contributed by atoms with Crippen molar-refractivity contribution in [1.29, 1.82) is 0 Å². The molecular weight excluding hydrogens is 417 g/mol. The van der Waals surface area contributed by atoms with Gasteiger partial charge in [-0.15, -0.1) is 0 Å². The number of methoxy groups -OCH3 is 1. The number of benzene rings is 2. The Kier molecular flexibility index (Phi) is 5.02. The quantitative estimate of drug-likeness (QED) is 0.323. The van der Waals surface area contributed by atoms with E-state index in [4.69, 9.17) is 18.3 Å². The minimum atomic E-state index is -4.97. The van der Waals surface area contributed by atoms with Gasteiger partial charge in [0.1, 0.15) is 17.1 Å². The summed E-state index contributed by atoms with van der Waals surface area (Å²) in [5.74, 6) is -2.46. The van der Waals surface area contributed by atoms with E-state index < -0.39 is 28.9 Å². The number of carbonyl (C=O) groups is 1. The molecule has 0 spiro atoms. The summed E-state index contributed by atoms with van der Waals surface area (Å²) in [5, 5.41) is -0.119. The highest BCUT2D eigenvalue weighted by Crippen LogP contribution is 2.40. The molecule has 0 unspecified atom stereocenters. The second-order valence-electron chi connectivity index (χ2n) is 6.36. The number of fused-ring (bicyclic) bond motifs is 1. The van der Waals surface area contributed by atoms with Crippen molar-refractivity contribution >= 4 is 16.9 Å². The summed E-state index contributed by atoms with van der Waals surface area (Å²) in [7, 11) is 1.29. The molecule has 0 saturated carbocycles. The van der Waals surface area contributed by atoms with Crippen LogP contribution in [0.5, 0.6) is 11.5 Å². The van der Waals surface area contributed by atoms with Crippen LogP contribution in [0.2, 0.25) is 0 Å². The molecule has 158 valence electrons. The van der Waals surface area contributed by atoms with Crippen LogP contribution in [-0.2, 0) is 6.18 Å². The summed E-state index contributed by atoms with van der Waals surface area (Å²) in [5.41, 5.74) is -2.01. The molecule has 4 rings (SSSR count). The van der Waals surface area contributed by atoms with Gasteiger partial charge in [-0.25, -0.2) is 4.79 Å². The second kappa shape index (κ2) is 7.67. The van der Waals surface area contributed by atoms with E-state index >= 15 is 0 Å². The van der Waals surface area contributed by atoms with Gasteiger partial charge in [0.25, 0.3) is 0 Å². The summed E-state index contributed by atoms with van der Waals surface area (Å²) in [6, 6.07) is 12.2. The Bertz CT molecular complexity index is 1320. The largest absolute Gasteiger partial charge is 0.496 e. The SMILES string of the molecule is COc1ccccc1-c1c(C(F)(F)F)oc2cc(OC(=O)c3ccco3)ccc2c1=O. The number of furan rings is 1. The zero-order chi connectivity index (χ0) is 22.2. The standard InChI is InChI=1S/C22H13F3O6/c1-28-15-6-3-2-5-13(15)18-19(26)14-9-8-12(30-21(27)16-7-4-10-29-16)11-17(14)31-20(18)22(23,24)25/h2-11H,1H3. The minimum Gasteiger partial charge on any atom is -0.496 e. The van der Waals surface area contributed by atoms with Crippen molar-refractivity contribution in [2.75, 3.05) is 7.11 Å². The number of hydrogen-bond acceptors (Lipinski definition) is 6. The van der Waals surface area contributed by atoms with Gasteiger partial charge in [0.2, 0.25) is 16.9 Å². The van der Waals surface area contributed by atoms with Crippen LogP contribution >= 0.6 is 0 Å². The van der Waals surface area contributed by atoms with E-state index in [1.165, 1.54) is 55.8 Å². The van der Waals surface area contributed by atoms with Crippen LogP contribution in [0.3, 0.4) is 0 Å². The summed E-state index contributed by atoms with van der Waals surface area (Å²) < 4.78 is 61.6. The Morgan fingerprint density at radius 2 is 1.81 bits per heavy atom. The predicted octanol–water partition coefficient (Wildman–Crippen LogP) is 5.30. The highest BCUT2D eigenvalue weighted by atomic mass is 19.4. The van der Waals surface area contributed by atoms with Gasteiger partial charge in [0, 0.05) is 11.6 Å². The van der Waals surface area contributed by atoms with Crippen LogP contribution in [0.15, 0.2) is 74.5 Å². The van der Waals surface area contributed by atoms with Gasteiger partial charge in [-0.05, 0) is 30.3 Å². The molecule has 2 heterocycles. The van der Waals surface area contributed by atoms with Crippen LogP contribution in [0.25, 0.3) is 22.1 Å². The highest BCUT2D eigenvalue weighted by molar-refractivity contribution is 5.89. The van der Waals surface area contributed by atoms with E-state index in [0.29, 0.717) is 0 Å². The Labute approximate surface area is 172 Å². The molecule has 0 aliphatic rings. The molecule has 0 aliphatic carbocycles. The van der Waals surface area contributed by atoms with Crippen molar-refractivity contribution in [2.24, 2.45) is 0 Å². The number of hydrogen-bond donors (Lipinski definition) is 0. The first-order chi connectivity index (χ1) is 14.8. The fourth-order valence-electron chi connectivity index (χ4n) is 3.08. The Balaban J connectivity index is 1.89. The Hall–Kier alpha value is -4.01. The lowest BCUT2D eigenvalue weighted by molar-refractivity contribution is -0.152. The third-order valence-electron chi connectivity index (χ3n) is 4.43. The lowest BCUT2D eigenvalue weighted by atomic mass is 10.0. The van der Waals surface area contributed by atoms with Crippen molar-refractivity contribution in [3.8, 4) is 22.6 Å². The van der Waals surface area contributed by atoms with Gasteiger partial charge in [-0.2, -0.15) is 13.2 Å². The average molecular weight is 430 g/mol. The lowest BCUT2D eigenvalue weighted by Crippen LogP contribution is -2.16. The summed E-state index contributed by atoms with van der Waals surface area (Å²) in [6.45, 7) is 0. The van der Waals surface area contributed by atoms with Gasteiger partial charge >= 0.3 is 12.1 Å². The molecule has 0 N–H and O–H groups in total. The zero-order valence-corrected chi connectivity index (χ0v) is 15.9. The molecule has 0 radical (unpaired) electrons. The maximum absolute atomic E-state index is 13.8. The summed E-state index contributed by atoms with van der Waals surface area (Å²) in [6.07, 6.45) is -3.70. The molecule has 0 atom stereocenters. The molecule has 0 fully saturated rings. The molecule has 2 aromatic carbocycles. The fraction of sp³-hybridized carbons (Fsp3) is 0.0909. The summed E-state index contributed by atoms with van der Waals surface area (Å²) >= 11 is 0. The van der Waals surface area contributed by atoms with Crippen LogP contribution in [0.1, 0.15) is 16.3 Å². The second-order valence-corrected chi connectivity index (χ2v) is 6.36. The van der Waals surface area contributed by atoms with Crippen molar-refractivity contribution in [1.82, 2.24) is 0 Å². The molecule has 0 amide bonds. The molecule has 9 heteroatoms. The third-order valence-corrected chi connectivity index (χ3v) is 4.43. The van der Waals surface area contributed by atoms with Crippen LogP contribution < -0.4 is 14.9 Å². The molecule has 31 heavy (non-hydrogen) atoms. The van der Waals surface area contributed by atoms with Gasteiger partial charge in [0.05, 0.1) is 24.3 Å². The number of rotatable bonds is 4. The molecule has 2 aromatic heterocycles. The van der Waals surface area contributed by atoms with Crippen molar-refractivity contribution < 1.29 is 36.3 Å². The van der Waals surface area contributed by atoms with E-state index in [-0.39, 0.29) is 33.8 Å². The van der Waals surface area contributed by atoms with Crippen molar-refractivity contribution in [3.63, 3.8) is 0 Å². The van der Waals surface area contributed by atoms with Crippen LogP contribution in [0, 0.1) is 0 Å². The first-order valence-electron chi connectivity index (χ1n) is 8.86. The summed E-state index contributed by atoms with van der Waals surface area (Å²) in [4.78, 5) is 25.1. The first-order valence-corrected chi connectivity index (χ1v) is 8.86. The molecule has 0 saturated heterocycles. The Morgan fingerprint density at radius 1 is 1.03 bits per heavy atom. The van der Waals surface area contributed by atoms with E-state index in [9.17, 15) is 22.8 Å². The minimum absolute atomic E-state index is 0.0544. The highest BCUT2D eigenvalue weighted by Gasteiger charge is 2.40. The van der Waals surface area contributed by atoms with Crippen molar-refractivity contribution in [3.05, 3.63) is 82.6 Å². The predicted molar refractivity (Wildman–Crippen MR) is 103 cm³/mol. The average Bonchev–Trinajstić information content (AvgIpc) is 3.28. The number of esters is 1. The van der Waals surface area contributed by atoms with E-state index in [2.05, 4.69) is 0 Å². The fourth-order valence-corrected chi connectivity index (χ4v) is 3.08. The smallest absolute Gasteiger partial charge is 0.450 e. The third kappa shape index (κ3) is 3.77. The van der Waals surface area contributed by atoms with E-state index in [0.717, 1.165) is 6.07 Å². The maximum Gasteiger partial charge on any atom is 0.450 e. The molecule has 0 aliphatic heterocycles. The monoisotopic (exact) mass is 430 g/mol. The molecule has 4 aromatic rings. The molecule has 6 nitrogen and oxygen atoms in total. The lowest BCUT2D eigenvalue weighted by Gasteiger charge is -2.15. The maximum atomic E-state index is 13.8. The number of ether oxygens (including phenoxy) is 2. The number of carbonyl (C=O) groups excluding carboxylic acids is 1. The number of halogens is 3. The van der Waals surface area contributed by atoms with Gasteiger partial charge in [0.15, 0.2) is 0 Å². The van der Waals surface area contributed by atoms with Crippen molar-refractivity contribution in [2.45, 2.75) is 6.18 Å².